The highest BCUT2D eigenvalue weighted by atomic mass is 28.3. The number of aryl methyl sites for hydroxylation is 6. The summed E-state index contributed by atoms with van der Waals surface area (Å²) in [4.78, 5) is 0. The van der Waals surface area contributed by atoms with Crippen LogP contribution in [0, 0.1) is 0 Å². The van der Waals surface area contributed by atoms with Crippen molar-refractivity contribution in [2.45, 2.75) is 241 Å². The van der Waals surface area contributed by atoms with E-state index in [9.17, 15) is 0 Å². The van der Waals surface area contributed by atoms with Gasteiger partial charge < -0.3 is 0 Å². The number of benzene rings is 4. The minimum Gasteiger partial charge on any atom is -0.0730 e. The van der Waals surface area contributed by atoms with E-state index in [4.69, 9.17) is 0 Å². The quantitative estimate of drug-likeness (QED) is 0.0245. The van der Waals surface area contributed by atoms with Gasteiger partial charge in [0.2, 0.25) is 0 Å². The number of hydrogen-bond acceptors (Lipinski definition) is 0. The molecule has 66 heavy (non-hydrogen) atoms. The Morgan fingerprint density at radius 3 is 0.894 bits per heavy atom. The zero-order valence-corrected chi connectivity index (χ0v) is 44.7. The molecular formula is C65H96Si. The van der Waals surface area contributed by atoms with Crippen LogP contribution in [0.1, 0.15) is 241 Å². The maximum absolute atomic E-state index is 2.87. The lowest BCUT2D eigenvalue weighted by Gasteiger charge is -2.37. The third-order valence-corrected chi connectivity index (χ3v) is 19.6. The van der Waals surface area contributed by atoms with Gasteiger partial charge in [-0.15, -0.1) is 0 Å². The highest BCUT2D eigenvalue weighted by Gasteiger charge is 2.45. The van der Waals surface area contributed by atoms with E-state index in [0.29, 0.717) is 0 Å². The average Bonchev–Trinajstić information content (AvgIpc) is 3.83. The minimum absolute atomic E-state index is 1.03. The van der Waals surface area contributed by atoms with Gasteiger partial charge in [-0.2, -0.15) is 0 Å². The molecule has 0 saturated heterocycles. The molecule has 4 aromatic carbocycles. The van der Waals surface area contributed by atoms with Crippen molar-refractivity contribution in [1.82, 2.24) is 0 Å². The minimum atomic E-state index is -2.87. The van der Waals surface area contributed by atoms with E-state index >= 15 is 0 Å². The molecule has 0 radical (unpaired) electrons. The molecular weight excluding hydrogens is 809 g/mol. The standard InChI is InChI=1S/C65H96Si/c1-7-13-19-26-34-54-44-55(35-27-20-14-8-2)48-63(47-54)66(62-43-42-61(53-62)60-40-32-25-33-41-60,64-49-56(36-28-21-15-9-3)45-57(50-64)37-29-22-16-10-4)65-51-58(38-30-23-17-11-5)46-59(52-65)39-31-24-18-12-6/h25,32-33,40-42,44-53H,7-24,26-31,34-39,43H2,1-6H3. The molecule has 0 N–H and O–H groups in total. The van der Waals surface area contributed by atoms with E-state index in [1.165, 1.54) is 204 Å². The van der Waals surface area contributed by atoms with Crippen molar-refractivity contribution in [3.8, 4) is 0 Å². The fraction of sp³-hybridized carbons (Fsp3) is 0.569. The topological polar surface area (TPSA) is 0 Å². The molecule has 0 atom stereocenters. The Morgan fingerprint density at radius 2 is 0.621 bits per heavy atom. The van der Waals surface area contributed by atoms with Crippen molar-refractivity contribution in [1.29, 1.82) is 0 Å². The largest absolute Gasteiger partial charge is 0.176 e. The molecule has 0 aromatic heterocycles. The lowest BCUT2D eigenvalue weighted by atomic mass is 10.00. The summed E-state index contributed by atoms with van der Waals surface area (Å²) >= 11 is 0. The predicted molar refractivity (Wildman–Crippen MR) is 298 cm³/mol. The zero-order valence-electron chi connectivity index (χ0n) is 43.7. The second-order valence-electron chi connectivity index (χ2n) is 20.6. The molecule has 0 aliphatic heterocycles. The maximum atomic E-state index is 2.79. The van der Waals surface area contributed by atoms with Gasteiger partial charge in [-0.1, -0.05) is 259 Å². The number of rotatable bonds is 35. The Hall–Kier alpha value is -3.42. The summed E-state index contributed by atoms with van der Waals surface area (Å²) in [5.41, 5.74) is 12.3. The summed E-state index contributed by atoms with van der Waals surface area (Å²) in [5, 5.41) is 6.68. The average molecular weight is 906 g/mol. The summed E-state index contributed by atoms with van der Waals surface area (Å²) < 4.78 is 0. The maximum Gasteiger partial charge on any atom is 0.176 e. The molecule has 5 rings (SSSR count). The first-order chi connectivity index (χ1) is 32.5. The first kappa shape index (κ1) is 53.5. The van der Waals surface area contributed by atoms with Crippen LogP contribution in [0.5, 0.6) is 0 Å². The third-order valence-electron chi connectivity index (χ3n) is 14.8. The van der Waals surface area contributed by atoms with Crippen molar-refractivity contribution in [3.05, 3.63) is 141 Å². The van der Waals surface area contributed by atoms with E-state index in [0.717, 1.165) is 6.42 Å². The summed E-state index contributed by atoms with van der Waals surface area (Å²) in [5.74, 6) is 0. The van der Waals surface area contributed by atoms with Gasteiger partial charge in [0, 0.05) is 0 Å². The van der Waals surface area contributed by atoms with Crippen molar-refractivity contribution in [3.63, 3.8) is 0 Å². The van der Waals surface area contributed by atoms with Crippen LogP contribution < -0.4 is 15.6 Å². The molecule has 0 unspecified atom stereocenters. The van der Waals surface area contributed by atoms with E-state index in [1.807, 2.05) is 0 Å². The van der Waals surface area contributed by atoms with Gasteiger partial charge in [-0.05, 0) is 144 Å². The van der Waals surface area contributed by atoms with Crippen LogP contribution in [0.15, 0.2) is 102 Å². The van der Waals surface area contributed by atoms with Gasteiger partial charge in [-0.3, -0.25) is 0 Å². The lowest BCUT2D eigenvalue weighted by molar-refractivity contribution is 0.661. The fourth-order valence-corrected chi connectivity index (χ4v) is 16.3. The molecule has 0 saturated carbocycles. The molecule has 0 spiro atoms. The van der Waals surface area contributed by atoms with Gasteiger partial charge in [-0.25, -0.2) is 0 Å². The smallest absolute Gasteiger partial charge is 0.0730 e. The Labute approximate surface area is 409 Å². The highest BCUT2D eigenvalue weighted by Crippen LogP contribution is 2.34. The van der Waals surface area contributed by atoms with Gasteiger partial charge in [0.05, 0.1) is 0 Å². The molecule has 1 aliphatic carbocycles. The summed E-state index contributed by atoms with van der Waals surface area (Å²) in [7, 11) is -2.87. The normalized spacial score (nSPS) is 12.8. The molecule has 0 fully saturated rings. The van der Waals surface area contributed by atoms with Crippen molar-refractivity contribution >= 4 is 29.2 Å². The lowest BCUT2D eigenvalue weighted by Crippen LogP contribution is -2.69. The molecule has 4 aromatic rings. The predicted octanol–water partition coefficient (Wildman–Crippen LogP) is 17.8. The first-order valence-corrected chi connectivity index (χ1v) is 30.3. The molecule has 1 heteroatoms. The van der Waals surface area contributed by atoms with Crippen LogP contribution in [0.25, 0.3) is 5.57 Å². The molecule has 0 nitrogen and oxygen atoms in total. The van der Waals surface area contributed by atoms with Crippen LogP contribution in [-0.4, -0.2) is 8.07 Å². The SMILES string of the molecule is CCCCCCc1cc(CCCCCC)cc([Si](C2=CC(c3ccccc3)=CC2)(c2cc(CCCCCC)cc(CCCCCC)c2)c2cc(CCCCCC)cc(CCCCCC)c2)c1. The summed E-state index contributed by atoms with van der Waals surface area (Å²) in [6.45, 7) is 14.1. The molecule has 0 heterocycles. The van der Waals surface area contributed by atoms with Gasteiger partial charge in [0.15, 0.2) is 8.07 Å². The highest BCUT2D eigenvalue weighted by molar-refractivity contribution is 7.16. The van der Waals surface area contributed by atoms with Crippen LogP contribution in [0.3, 0.4) is 0 Å². The van der Waals surface area contributed by atoms with Crippen LogP contribution >= 0.6 is 0 Å². The molecule has 360 valence electrons. The van der Waals surface area contributed by atoms with Gasteiger partial charge in [0.1, 0.15) is 0 Å². The number of hydrogen-bond donors (Lipinski definition) is 0. The molecule has 0 bridgehead atoms. The summed E-state index contributed by atoms with van der Waals surface area (Å²) in [6, 6.07) is 36.0. The van der Waals surface area contributed by atoms with E-state index in [2.05, 4.69) is 139 Å². The second-order valence-corrected chi connectivity index (χ2v) is 24.5. The van der Waals surface area contributed by atoms with E-state index in [1.54, 1.807) is 54.1 Å². The number of unbranched alkanes of at least 4 members (excludes halogenated alkanes) is 18. The first-order valence-electron chi connectivity index (χ1n) is 28.3. The van der Waals surface area contributed by atoms with Crippen molar-refractivity contribution in [2.24, 2.45) is 0 Å². The van der Waals surface area contributed by atoms with Gasteiger partial charge in [0.25, 0.3) is 0 Å². The third kappa shape index (κ3) is 16.7. The van der Waals surface area contributed by atoms with E-state index in [-0.39, 0.29) is 0 Å². The molecule has 1 aliphatic rings. The monoisotopic (exact) mass is 905 g/mol. The number of allylic oxidation sites excluding steroid dienone is 4. The van der Waals surface area contributed by atoms with Crippen LogP contribution in [0.4, 0.5) is 0 Å². The molecule has 0 amide bonds. The Morgan fingerprint density at radius 1 is 0.333 bits per heavy atom. The van der Waals surface area contributed by atoms with Crippen molar-refractivity contribution in [2.75, 3.05) is 0 Å². The summed E-state index contributed by atoms with van der Waals surface area (Å²) in [6.07, 6.45) is 44.9. The Balaban J connectivity index is 1.87. The fourth-order valence-electron chi connectivity index (χ4n) is 11.0. The Kier molecular flexibility index (Phi) is 25.0. The van der Waals surface area contributed by atoms with E-state index < -0.39 is 8.07 Å². The Bertz CT molecular complexity index is 1750. The second kappa shape index (κ2) is 30.9. The van der Waals surface area contributed by atoms with Crippen LogP contribution in [-0.2, 0) is 38.5 Å². The van der Waals surface area contributed by atoms with Crippen LogP contribution in [0.2, 0.25) is 0 Å². The van der Waals surface area contributed by atoms with Gasteiger partial charge >= 0.3 is 0 Å². The zero-order chi connectivity index (χ0) is 46.7. The van der Waals surface area contributed by atoms with Crippen molar-refractivity contribution < 1.29 is 0 Å².